The molecule has 0 N–H and O–H groups in total. The minimum atomic E-state index is -0.414. The Morgan fingerprint density at radius 2 is 2.06 bits per heavy atom. The van der Waals surface area contributed by atoms with E-state index < -0.39 is 5.82 Å². The maximum Gasteiger partial charge on any atom is 0.173 e. The van der Waals surface area contributed by atoms with E-state index in [2.05, 4.69) is 0 Å². The first-order valence-electron chi connectivity index (χ1n) is 6.18. The van der Waals surface area contributed by atoms with Crippen LogP contribution in [0.3, 0.4) is 0 Å². The molecule has 96 valence electrons. The zero-order valence-corrected chi connectivity index (χ0v) is 10.6. The van der Waals surface area contributed by atoms with Crippen LogP contribution in [0.1, 0.15) is 25.7 Å². The number of benzene rings is 1. The number of ether oxygens (including phenoxy) is 1. The smallest absolute Gasteiger partial charge is 0.173 e. The molecule has 0 unspecified atom stereocenters. The van der Waals surface area contributed by atoms with Crippen molar-refractivity contribution in [1.82, 2.24) is 0 Å². The Morgan fingerprint density at radius 3 is 2.67 bits per heavy atom. The van der Waals surface area contributed by atoms with Crippen LogP contribution in [0, 0.1) is 17.2 Å². The van der Waals surface area contributed by atoms with Crippen molar-refractivity contribution in [1.29, 1.82) is 0 Å². The number of carbonyl (C=O) groups is 1. The molecule has 0 heterocycles. The number of halogens is 2. The number of rotatable bonds is 3. The zero-order chi connectivity index (χ0) is 12.8. The van der Waals surface area contributed by atoms with Crippen molar-refractivity contribution in [2.75, 3.05) is 0 Å². The van der Waals surface area contributed by atoms with E-state index in [9.17, 15) is 9.18 Å². The lowest BCUT2D eigenvalue weighted by Gasteiger charge is -2.56. The van der Waals surface area contributed by atoms with Crippen LogP contribution in [-0.4, -0.2) is 12.4 Å². The Kier molecular flexibility index (Phi) is 2.81. The van der Waals surface area contributed by atoms with E-state index in [-0.39, 0.29) is 23.2 Å². The van der Waals surface area contributed by atoms with Gasteiger partial charge in [-0.25, -0.2) is 4.39 Å². The molecule has 2 aliphatic rings. The van der Waals surface area contributed by atoms with Gasteiger partial charge in [0.1, 0.15) is 12.4 Å². The van der Waals surface area contributed by atoms with E-state index in [0.717, 1.165) is 32.0 Å². The standard InChI is InChI=1S/C14H14ClFO2/c15-11-2-1-3-12(16)13(11)18-10-6-14(7-10)4-9(5-14)8-17/h1-3,8-10H,4-7H2. The van der Waals surface area contributed by atoms with Crippen LogP contribution < -0.4 is 4.74 Å². The third-order valence-electron chi connectivity index (χ3n) is 4.11. The van der Waals surface area contributed by atoms with Crippen LogP contribution in [-0.2, 0) is 4.79 Å². The van der Waals surface area contributed by atoms with Gasteiger partial charge in [0.15, 0.2) is 11.6 Å². The van der Waals surface area contributed by atoms with Crippen molar-refractivity contribution in [2.24, 2.45) is 11.3 Å². The lowest BCUT2D eigenvalue weighted by molar-refractivity contribution is -0.132. The average Bonchev–Trinajstić information content (AvgIpc) is 2.23. The highest BCUT2D eigenvalue weighted by atomic mass is 35.5. The van der Waals surface area contributed by atoms with Crippen LogP contribution in [0.4, 0.5) is 4.39 Å². The average molecular weight is 269 g/mol. The Morgan fingerprint density at radius 1 is 1.33 bits per heavy atom. The molecule has 0 bridgehead atoms. The van der Waals surface area contributed by atoms with Crippen LogP contribution >= 0.6 is 11.6 Å². The summed E-state index contributed by atoms with van der Waals surface area (Å²) in [4.78, 5) is 10.6. The van der Waals surface area contributed by atoms with E-state index in [1.165, 1.54) is 6.07 Å². The molecule has 1 aromatic carbocycles. The summed E-state index contributed by atoms with van der Waals surface area (Å²) >= 11 is 5.91. The van der Waals surface area contributed by atoms with Crippen LogP contribution in [0.25, 0.3) is 0 Å². The van der Waals surface area contributed by atoms with E-state index >= 15 is 0 Å². The summed E-state index contributed by atoms with van der Waals surface area (Å²) in [6.07, 6.45) is 4.80. The summed E-state index contributed by atoms with van der Waals surface area (Å²) in [5, 5.41) is 0.315. The minimum absolute atomic E-state index is 0.0343. The molecule has 2 saturated carbocycles. The maximum absolute atomic E-state index is 13.5. The van der Waals surface area contributed by atoms with Gasteiger partial charge in [-0.2, -0.15) is 0 Å². The summed E-state index contributed by atoms with van der Waals surface area (Å²) in [5.41, 5.74) is 0.286. The van der Waals surface area contributed by atoms with Crippen molar-refractivity contribution in [3.8, 4) is 5.75 Å². The van der Waals surface area contributed by atoms with Gasteiger partial charge in [0.05, 0.1) is 5.02 Å². The first-order valence-corrected chi connectivity index (χ1v) is 6.56. The topological polar surface area (TPSA) is 26.3 Å². The fourth-order valence-electron chi connectivity index (χ4n) is 3.23. The molecular formula is C14H14ClFO2. The van der Waals surface area contributed by atoms with Crippen molar-refractivity contribution in [3.05, 3.63) is 29.0 Å². The lowest BCUT2D eigenvalue weighted by atomic mass is 9.51. The molecule has 1 aromatic rings. The Hall–Kier alpha value is -1.09. The van der Waals surface area contributed by atoms with Crippen LogP contribution in [0.15, 0.2) is 18.2 Å². The van der Waals surface area contributed by atoms with Gasteiger partial charge in [-0.05, 0) is 43.2 Å². The van der Waals surface area contributed by atoms with Gasteiger partial charge in [-0.3, -0.25) is 0 Å². The number of aldehydes is 1. The van der Waals surface area contributed by atoms with Gasteiger partial charge < -0.3 is 9.53 Å². The van der Waals surface area contributed by atoms with Crippen molar-refractivity contribution in [3.63, 3.8) is 0 Å². The third-order valence-corrected chi connectivity index (χ3v) is 4.41. The predicted octanol–water partition coefficient (Wildman–Crippen LogP) is 3.62. The maximum atomic E-state index is 13.5. The molecule has 3 rings (SSSR count). The third kappa shape index (κ3) is 1.91. The van der Waals surface area contributed by atoms with Crippen LogP contribution in [0.5, 0.6) is 5.75 Å². The molecule has 1 spiro atoms. The molecule has 0 aromatic heterocycles. The Balaban J connectivity index is 1.59. The molecular weight excluding hydrogens is 255 g/mol. The molecule has 0 atom stereocenters. The lowest BCUT2D eigenvalue weighted by Crippen LogP contribution is -2.52. The van der Waals surface area contributed by atoms with Gasteiger partial charge in [-0.15, -0.1) is 0 Å². The monoisotopic (exact) mass is 268 g/mol. The SMILES string of the molecule is O=CC1CC2(C1)CC(Oc1c(F)cccc1Cl)C2. The summed E-state index contributed by atoms with van der Waals surface area (Å²) in [5.74, 6) is -0.0314. The van der Waals surface area contributed by atoms with E-state index in [1.807, 2.05) is 0 Å². The van der Waals surface area contributed by atoms with E-state index in [1.54, 1.807) is 12.1 Å². The quantitative estimate of drug-likeness (QED) is 0.783. The summed E-state index contributed by atoms with van der Waals surface area (Å²) in [6, 6.07) is 4.54. The normalized spacial score (nSPS) is 33.7. The summed E-state index contributed by atoms with van der Waals surface area (Å²) in [6.45, 7) is 0. The Bertz CT molecular complexity index is 454. The van der Waals surface area contributed by atoms with Gasteiger partial charge >= 0.3 is 0 Å². The Labute approximate surface area is 110 Å². The molecule has 0 radical (unpaired) electrons. The summed E-state index contributed by atoms with van der Waals surface area (Å²) in [7, 11) is 0. The van der Waals surface area contributed by atoms with Crippen molar-refractivity contribution >= 4 is 17.9 Å². The molecule has 2 nitrogen and oxygen atoms in total. The zero-order valence-electron chi connectivity index (χ0n) is 9.86. The van der Waals surface area contributed by atoms with E-state index in [0.29, 0.717) is 5.02 Å². The van der Waals surface area contributed by atoms with Gasteiger partial charge in [0.25, 0.3) is 0 Å². The van der Waals surface area contributed by atoms with Gasteiger partial charge in [0.2, 0.25) is 0 Å². The fraction of sp³-hybridized carbons (Fsp3) is 0.500. The number of carbonyl (C=O) groups excluding carboxylic acids is 1. The van der Waals surface area contributed by atoms with Gasteiger partial charge in [-0.1, -0.05) is 17.7 Å². The second-order valence-electron chi connectivity index (χ2n) is 5.50. The van der Waals surface area contributed by atoms with Crippen LogP contribution in [0.2, 0.25) is 5.02 Å². The van der Waals surface area contributed by atoms with Gasteiger partial charge in [0, 0.05) is 5.92 Å². The highest BCUT2D eigenvalue weighted by molar-refractivity contribution is 6.32. The molecule has 0 aliphatic heterocycles. The number of hydrogen-bond acceptors (Lipinski definition) is 2. The first kappa shape index (κ1) is 12.0. The first-order chi connectivity index (χ1) is 8.62. The molecule has 2 fully saturated rings. The van der Waals surface area contributed by atoms with E-state index in [4.69, 9.17) is 16.3 Å². The second-order valence-corrected chi connectivity index (χ2v) is 5.91. The minimum Gasteiger partial charge on any atom is -0.486 e. The fourth-order valence-corrected chi connectivity index (χ4v) is 3.44. The van der Waals surface area contributed by atoms with Crippen molar-refractivity contribution in [2.45, 2.75) is 31.8 Å². The largest absolute Gasteiger partial charge is 0.486 e. The molecule has 0 amide bonds. The van der Waals surface area contributed by atoms with Crippen molar-refractivity contribution < 1.29 is 13.9 Å². The highest BCUT2D eigenvalue weighted by Crippen LogP contribution is 2.59. The second kappa shape index (κ2) is 4.23. The molecule has 0 saturated heterocycles. The highest BCUT2D eigenvalue weighted by Gasteiger charge is 2.53. The number of hydrogen-bond donors (Lipinski definition) is 0. The molecule has 4 heteroatoms. The number of para-hydroxylation sites is 1. The molecule has 18 heavy (non-hydrogen) atoms. The summed E-state index contributed by atoms with van der Waals surface area (Å²) < 4.78 is 19.1. The molecule has 2 aliphatic carbocycles. The predicted molar refractivity (Wildman–Crippen MR) is 66.3 cm³/mol.